The maximum atomic E-state index is 12.2. The van der Waals surface area contributed by atoms with Crippen molar-refractivity contribution in [3.63, 3.8) is 0 Å². The van der Waals surface area contributed by atoms with E-state index in [9.17, 15) is 13.2 Å². The molecule has 8 heteroatoms. The number of benzene rings is 1. The first kappa shape index (κ1) is 20.7. The van der Waals surface area contributed by atoms with Crippen LogP contribution in [0.25, 0.3) is 0 Å². The number of anilines is 1. The third-order valence-electron chi connectivity index (χ3n) is 3.48. The molecule has 0 aromatic heterocycles. The molecule has 0 aliphatic rings. The number of nitrogens with two attached hydrogens (primary N) is 1. The van der Waals surface area contributed by atoms with E-state index in [1.807, 2.05) is 13.8 Å². The number of rotatable bonds is 7. The van der Waals surface area contributed by atoms with Crippen LogP contribution in [-0.4, -0.2) is 32.7 Å². The molecule has 0 radical (unpaired) electrons. The number of carbonyl (C=O) groups is 1. The molecule has 22 heavy (non-hydrogen) atoms. The number of carbonyl (C=O) groups excluding carboxylic acids is 1. The van der Waals surface area contributed by atoms with Gasteiger partial charge in [-0.05, 0) is 25.0 Å². The van der Waals surface area contributed by atoms with Crippen LogP contribution >= 0.6 is 12.4 Å². The van der Waals surface area contributed by atoms with Gasteiger partial charge in [0.25, 0.3) is 5.91 Å². The van der Waals surface area contributed by atoms with Crippen molar-refractivity contribution in [1.82, 2.24) is 5.32 Å². The highest BCUT2D eigenvalue weighted by atomic mass is 35.5. The second-order valence-corrected chi connectivity index (χ2v) is 6.92. The molecule has 0 saturated carbocycles. The van der Waals surface area contributed by atoms with E-state index in [4.69, 9.17) is 5.73 Å². The van der Waals surface area contributed by atoms with Gasteiger partial charge >= 0.3 is 0 Å². The predicted molar refractivity (Wildman–Crippen MR) is 92.0 cm³/mol. The normalized spacial score (nSPS) is 11.5. The van der Waals surface area contributed by atoms with E-state index in [0.29, 0.717) is 6.54 Å². The van der Waals surface area contributed by atoms with Crippen molar-refractivity contribution in [2.45, 2.75) is 32.2 Å². The fourth-order valence-electron chi connectivity index (χ4n) is 1.82. The number of hydrogen-bond donors (Lipinski definition) is 3. The van der Waals surface area contributed by atoms with Gasteiger partial charge in [-0.1, -0.05) is 26.0 Å². The quantitative estimate of drug-likeness (QED) is 0.697. The fraction of sp³-hybridized carbons (Fsp3) is 0.500. The van der Waals surface area contributed by atoms with Gasteiger partial charge < -0.3 is 11.1 Å². The highest BCUT2D eigenvalue weighted by Crippen LogP contribution is 2.17. The molecule has 0 saturated heterocycles. The first-order valence-corrected chi connectivity index (χ1v) is 8.74. The topological polar surface area (TPSA) is 101 Å². The number of para-hydroxylation sites is 1. The Hall–Kier alpha value is -1.31. The third-order valence-corrected chi connectivity index (χ3v) is 4.07. The van der Waals surface area contributed by atoms with Crippen LogP contribution in [0.4, 0.5) is 5.69 Å². The number of amides is 1. The monoisotopic (exact) mass is 349 g/mol. The standard InChI is InChI=1S/C14H23N3O3S.ClH/c1-4-14(15,5-2)10-16-13(18)11-8-6-7-9-12(11)17-21(3,19)20;/h6-9,17H,4-5,10,15H2,1-3H3,(H,16,18);1H. The van der Waals surface area contributed by atoms with Crippen LogP contribution in [0, 0.1) is 0 Å². The lowest BCUT2D eigenvalue weighted by atomic mass is 9.94. The second kappa shape index (κ2) is 8.36. The first-order chi connectivity index (χ1) is 9.71. The average Bonchev–Trinajstić information content (AvgIpc) is 2.43. The molecule has 1 aromatic rings. The van der Waals surface area contributed by atoms with Gasteiger partial charge in [0.2, 0.25) is 10.0 Å². The van der Waals surface area contributed by atoms with Crippen molar-refractivity contribution in [2.75, 3.05) is 17.5 Å². The Balaban J connectivity index is 0.00000441. The summed E-state index contributed by atoms with van der Waals surface area (Å²) in [5.41, 5.74) is 6.22. The molecule has 4 N–H and O–H groups in total. The minimum atomic E-state index is -3.44. The van der Waals surface area contributed by atoms with E-state index in [1.165, 1.54) is 0 Å². The van der Waals surface area contributed by atoms with Crippen molar-refractivity contribution < 1.29 is 13.2 Å². The van der Waals surface area contributed by atoms with Gasteiger partial charge in [-0.15, -0.1) is 12.4 Å². The maximum Gasteiger partial charge on any atom is 0.253 e. The van der Waals surface area contributed by atoms with Crippen LogP contribution in [0.15, 0.2) is 24.3 Å². The summed E-state index contributed by atoms with van der Waals surface area (Å²) in [7, 11) is -3.44. The van der Waals surface area contributed by atoms with Crippen LogP contribution in [0.5, 0.6) is 0 Å². The van der Waals surface area contributed by atoms with Gasteiger partial charge in [0.05, 0.1) is 17.5 Å². The Morgan fingerprint density at radius 2 is 1.77 bits per heavy atom. The highest BCUT2D eigenvalue weighted by molar-refractivity contribution is 7.92. The Morgan fingerprint density at radius 1 is 1.23 bits per heavy atom. The van der Waals surface area contributed by atoms with Gasteiger partial charge in [0.1, 0.15) is 0 Å². The lowest BCUT2D eigenvalue weighted by molar-refractivity contribution is 0.0943. The summed E-state index contributed by atoms with van der Waals surface area (Å²) < 4.78 is 25.0. The summed E-state index contributed by atoms with van der Waals surface area (Å²) >= 11 is 0. The Labute approximate surface area is 138 Å². The van der Waals surface area contributed by atoms with Crippen molar-refractivity contribution in [3.8, 4) is 0 Å². The summed E-state index contributed by atoms with van der Waals surface area (Å²) in [6.45, 7) is 4.27. The van der Waals surface area contributed by atoms with Gasteiger partial charge in [0.15, 0.2) is 0 Å². The molecular formula is C14H24ClN3O3S. The van der Waals surface area contributed by atoms with E-state index in [0.717, 1.165) is 19.1 Å². The zero-order valence-corrected chi connectivity index (χ0v) is 14.7. The van der Waals surface area contributed by atoms with Gasteiger partial charge in [-0.25, -0.2) is 8.42 Å². The Morgan fingerprint density at radius 3 is 2.27 bits per heavy atom. The molecule has 1 rings (SSSR count). The summed E-state index contributed by atoms with van der Waals surface area (Å²) in [6, 6.07) is 6.46. The zero-order valence-electron chi connectivity index (χ0n) is 13.0. The maximum absolute atomic E-state index is 12.2. The summed E-state index contributed by atoms with van der Waals surface area (Å²) in [5, 5.41) is 2.77. The minimum Gasteiger partial charge on any atom is -0.350 e. The Kier molecular flexibility index (Phi) is 7.86. The molecule has 6 nitrogen and oxygen atoms in total. The summed E-state index contributed by atoms with van der Waals surface area (Å²) in [5.74, 6) is -0.349. The molecule has 0 aliphatic carbocycles. The van der Waals surface area contributed by atoms with Gasteiger partial charge in [0, 0.05) is 12.1 Å². The first-order valence-electron chi connectivity index (χ1n) is 6.84. The van der Waals surface area contributed by atoms with Crippen LogP contribution in [-0.2, 0) is 10.0 Å². The SMILES string of the molecule is CCC(N)(CC)CNC(=O)c1ccccc1NS(C)(=O)=O.Cl. The van der Waals surface area contributed by atoms with Crippen LogP contribution in [0.1, 0.15) is 37.0 Å². The number of halogens is 1. The van der Waals surface area contributed by atoms with E-state index in [2.05, 4.69) is 10.0 Å². The lowest BCUT2D eigenvalue weighted by Gasteiger charge is -2.27. The molecule has 0 atom stereocenters. The van der Waals surface area contributed by atoms with Crippen molar-refractivity contribution in [3.05, 3.63) is 29.8 Å². The van der Waals surface area contributed by atoms with E-state index >= 15 is 0 Å². The highest BCUT2D eigenvalue weighted by Gasteiger charge is 2.22. The molecule has 0 spiro atoms. The van der Waals surface area contributed by atoms with Crippen molar-refractivity contribution in [1.29, 1.82) is 0 Å². The van der Waals surface area contributed by atoms with Gasteiger partial charge in [-0.2, -0.15) is 0 Å². The average molecular weight is 350 g/mol. The lowest BCUT2D eigenvalue weighted by Crippen LogP contribution is -2.49. The van der Waals surface area contributed by atoms with Crippen LogP contribution < -0.4 is 15.8 Å². The van der Waals surface area contributed by atoms with Crippen LogP contribution in [0.3, 0.4) is 0 Å². The molecule has 0 aliphatic heterocycles. The zero-order chi connectivity index (χ0) is 16.1. The third kappa shape index (κ3) is 6.21. The largest absolute Gasteiger partial charge is 0.350 e. The summed E-state index contributed by atoms with van der Waals surface area (Å²) in [6.07, 6.45) is 2.53. The van der Waals surface area contributed by atoms with Crippen molar-refractivity contribution >= 4 is 34.0 Å². The summed E-state index contributed by atoms with van der Waals surface area (Å²) in [4.78, 5) is 12.2. The van der Waals surface area contributed by atoms with Crippen molar-refractivity contribution in [2.24, 2.45) is 5.73 Å². The van der Waals surface area contributed by atoms with E-state index in [1.54, 1.807) is 24.3 Å². The second-order valence-electron chi connectivity index (χ2n) is 5.17. The fourth-order valence-corrected chi connectivity index (χ4v) is 2.40. The molecule has 0 fully saturated rings. The smallest absolute Gasteiger partial charge is 0.253 e. The molecule has 0 bridgehead atoms. The molecular weight excluding hydrogens is 326 g/mol. The predicted octanol–water partition coefficient (Wildman–Crippen LogP) is 1.73. The minimum absolute atomic E-state index is 0. The Bertz CT molecular complexity index is 601. The molecule has 1 amide bonds. The number of sulfonamides is 1. The molecule has 1 aromatic carbocycles. The molecule has 0 heterocycles. The van der Waals surface area contributed by atoms with E-state index in [-0.39, 0.29) is 29.6 Å². The number of hydrogen-bond acceptors (Lipinski definition) is 4. The number of nitrogens with one attached hydrogen (secondary N) is 2. The van der Waals surface area contributed by atoms with Gasteiger partial charge in [-0.3, -0.25) is 9.52 Å². The molecule has 0 unspecified atom stereocenters. The molecule has 126 valence electrons. The van der Waals surface area contributed by atoms with E-state index < -0.39 is 15.6 Å². The van der Waals surface area contributed by atoms with Crippen LogP contribution in [0.2, 0.25) is 0 Å².